The number of hydrogen-bond donors (Lipinski definition) is 3. The van der Waals surface area contributed by atoms with Gasteiger partial charge in [0, 0.05) is 6.20 Å². The van der Waals surface area contributed by atoms with Crippen molar-refractivity contribution in [3.05, 3.63) is 48.2 Å². The molecular formula is C18H20N4O3. The molecule has 1 aromatic carbocycles. The summed E-state index contributed by atoms with van der Waals surface area (Å²) < 4.78 is 0. The van der Waals surface area contributed by atoms with Crippen LogP contribution in [0.5, 0.6) is 0 Å². The first-order chi connectivity index (χ1) is 12.0. The second-order valence-corrected chi connectivity index (χ2v) is 6.09. The third-order valence-corrected chi connectivity index (χ3v) is 4.18. The molecule has 2 aromatic rings. The summed E-state index contributed by atoms with van der Waals surface area (Å²) in [5.41, 5.74) is 8.34. The Hall–Kier alpha value is -3.09. The van der Waals surface area contributed by atoms with Gasteiger partial charge in [0.1, 0.15) is 6.04 Å². The fourth-order valence-corrected chi connectivity index (χ4v) is 2.78. The number of aromatic nitrogens is 1. The molecule has 1 atom stereocenters. The van der Waals surface area contributed by atoms with Gasteiger partial charge in [0.05, 0.1) is 11.4 Å². The zero-order valence-corrected chi connectivity index (χ0v) is 13.8. The maximum absolute atomic E-state index is 12.9. The van der Waals surface area contributed by atoms with Crippen molar-refractivity contribution in [2.45, 2.75) is 31.7 Å². The number of nitrogens with zero attached hydrogens (tertiary/aromatic N) is 2. The van der Waals surface area contributed by atoms with E-state index in [2.05, 4.69) is 10.3 Å². The van der Waals surface area contributed by atoms with Crippen molar-refractivity contribution >= 4 is 29.2 Å². The smallest absolute Gasteiger partial charge is 0.405 e. The minimum Gasteiger partial charge on any atom is -0.465 e. The van der Waals surface area contributed by atoms with Crippen LogP contribution in [0.4, 0.5) is 22.0 Å². The summed E-state index contributed by atoms with van der Waals surface area (Å²) >= 11 is 0. The van der Waals surface area contributed by atoms with Crippen LogP contribution < -0.4 is 16.0 Å². The first kappa shape index (κ1) is 16.8. The molecule has 3 rings (SSSR count). The lowest BCUT2D eigenvalue weighted by Gasteiger charge is -2.26. The number of carbonyl (C=O) groups is 2. The maximum atomic E-state index is 12.9. The van der Waals surface area contributed by atoms with E-state index in [1.165, 1.54) is 11.8 Å². The molecule has 1 aliphatic rings. The topological polar surface area (TPSA) is 109 Å². The number of nitrogens with one attached hydrogen (secondary N) is 1. The van der Waals surface area contributed by atoms with Crippen LogP contribution in [0.25, 0.3) is 0 Å². The number of carbonyl (C=O) groups excluding carboxylic acids is 1. The van der Waals surface area contributed by atoms with E-state index in [0.29, 0.717) is 23.1 Å². The Morgan fingerprint density at radius 1 is 1.28 bits per heavy atom. The van der Waals surface area contributed by atoms with Gasteiger partial charge in [-0.15, -0.1) is 0 Å². The maximum Gasteiger partial charge on any atom is 0.405 e. The monoisotopic (exact) mass is 340 g/mol. The average molecular weight is 340 g/mol. The zero-order chi connectivity index (χ0) is 18.0. The summed E-state index contributed by atoms with van der Waals surface area (Å²) in [5, 5.41) is 11.1. The zero-order valence-electron chi connectivity index (χ0n) is 13.8. The lowest BCUT2D eigenvalue weighted by Crippen LogP contribution is -2.45. The molecule has 1 aliphatic carbocycles. The molecule has 2 amide bonds. The highest BCUT2D eigenvalue weighted by Crippen LogP contribution is 2.45. The summed E-state index contributed by atoms with van der Waals surface area (Å²) in [6.45, 7) is 1.49. The number of hydrogen-bond acceptors (Lipinski definition) is 4. The molecule has 7 heteroatoms. The first-order valence-corrected chi connectivity index (χ1v) is 8.12. The fourth-order valence-electron chi connectivity index (χ4n) is 2.78. The molecule has 4 N–H and O–H groups in total. The van der Waals surface area contributed by atoms with E-state index in [1.807, 2.05) is 12.1 Å². The van der Waals surface area contributed by atoms with Crippen LogP contribution >= 0.6 is 0 Å². The van der Waals surface area contributed by atoms with Crippen LogP contribution in [0.2, 0.25) is 0 Å². The second-order valence-electron chi connectivity index (χ2n) is 6.09. The van der Waals surface area contributed by atoms with Crippen molar-refractivity contribution in [2.75, 3.05) is 10.6 Å². The van der Waals surface area contributed by atoms with Gasteiger partial charge in [-0.05, 0) is 49.4 Å². The molecule has 0 radical (unpaired) electrons. The third-order valence-electron chi connectivity index (χ3n) is 4.18. The van der Waals surface area contributed by atoms with Gasteiger partial charge in [0.2, 0.25) is 0 Å². The lowest BCUT2D eigenvalue weighted by atomic mass is 10.1. The van der Waals surface area contributed by atoms with Gasteiger partial charge in [-0.1, -0.05) is 18.2 Å². The molecule has 1 unspecified atom stereocenters. The van der Waals surface area contributed by atoms with Crippen LogP contribution in [0.3, 0.4) is 0 Å². The van der Waals surface area contributed by atoms with E-state index >= 15 is 0 Å². The molecule has 130 valence electrons. The molecule has 1 fully saturated rings. The van der Waals surface area contributed by atoms with E-state index in [4.69, 9.17) is 10.8 Å². The number of nitrogens with two attached hydrogens (primary N) is 1. The molecule has 1 aromatic heterocycles. The van der Waals surface area contributed by atoms with E-state index in [-0.39, 0.29) is 0 Å². The second kappa shape index (κ2) is 6.80. The molecule has 0 aliphatic heterocycles. The lowest BCUT2D eigenvalue weighted by molar-refractivity contribution is -0.119. The van der Waals surface area contributed by atoms with Crippen LogP contribution in [0, 0.1) is 0 Å². The molecule has 0 bridgehead atoms. The van der Waals surface area contributed by atoms with E-state index in [9.17, 15) is 9.59 Å². The Morgan fingerprint density at radius 2 is 1.96 bits per heavy atom. The molecule has 1 saturated carbocycles. The molecule has 7 nitrogen and oxygen atoms in total. The summed E-state index contributed by atoms with van der Waals surface area (Å²) in [6.07, 6.45) is 2.52. The number of para-hydroxylation sites is 1. The minimum absolute atomic E-state index is 0.333. The number of amides is 2. The molecule has 0 saturated heterocycles. The highest BCUT2D eigenvalue weighted by Gasteiger charge is 2.31. The molecular weight excluding hydrogens is 320 g/mol. The van der Waals surface area contributed by atoms with Gasteiger partial charge in [0.25, 0.3) is 5.91 Å². The van der Waals surface area contributed by atoms with Gasteiger partial charge in [0.15, 0.2) is 5.82 Å². The summed E-state index contributed by atoms with van der Waals surface area (Å²) in [7, 11) is 0. The highest BCUT2D eigenvalue weighted by molar-refractivity contribution is 6.05. The summed E-state index contributed by atoms with van der Waals surface area (Å²) in [6, 6.07) is 9.89. The van der Waals surface area contributed by atoms with Gasteiger partial charge in [-0.2, -0.15) is 0 Å². The van der Waals surface area contributed by atoms with Crippen molar-refractivity contribution in [1.29, 1.82) is 0 Å². The number of nitrogen functional groups attached to an aromatic ring is 1. The average Bonchev–Trinajstić information content (AvgIpc) is 3.42. The predicted molar refractivity (Wildman–Crippen MR) is 94.8 cm³/mol. The van der Waals surface area contributed by atoms with Crippen LogP contribution in [0.1, 0.15) is 31.2 Å². The van der Waals surface area contributed by atoms with Crippen LogP contribution in [0.15, 0.2) is 42.6 Å². The Bertz CT molecular complexity index is 790. The van der Waals surface area contributed by atoms with Gasteiger partial charge in [-0.3, -0.25) is 9.69 Å². The van der Waals surface area contributed by atoms with Crippen molar-refractivity contribution in [3.8, 4) is 0 Å². The Morgan fingerprint density at radius 3 is 2.56 bits per heavy atom. The Kier molecular flexibility index (Phi) is 4.56. The van der Waals surface area contributed by atoms with Crippen molar-refractivity contribution in [2.24, 2.45) is 0 Å². The quantitative estimate of drug-likeness (QED) is 0.775. The fraction of sp³-hybridized carbons (Fsp3) is 0.278. The van der Waals surface area contributed by atoms with Crippen molar-refractivity contribution < 1.29 is 14.7 Å². The van der Waals surface area contributed by atoms with E-state index in [0.717, 1.165) is 18.4 Å². The number of carboxylic acid groups (broad SMARTS) is 1. The normalized spacial score (nSPS) is 14.6. The standard InChI is InChI=1S/C18H20N4O3/c1-11(21-18(24)25)17(23)22(13-5-3-2-4-6-13)16-15(19)14(9-10-20-16)12-7-8-12/h2-6,9-12,21H,7-8,19H2,1H3,(H,24,25). The third kappa shape index (κ3) is 3.55. The summed E-state index contributed by atoms with van der Waals surface area (Å²) in [4.78, 5) is 29.5. The minimum atomic E-state index is -1.26. The number of anilines is 3. The molecule has 25 heavy (non-hydrogen) atoms. The van der Waals surface area contributed by atoms with Gasteiger partial charge >= 0.3 is 6.09 Å². The van der Waals surface area contributed by atoms with E-state index < -0.39 is 18.0 Å². The van der Waals surface area contributed by atoms with E-state index in [1.54, 1.807) is 30.5 Å². The van der Waals surface area contributed by atoms with Crippen LogP contribution in [-0.4, -0.2) is 28.1 Å². The SMILES string of the molecule is CC(NC(=O)O)C(=O)N(c1ccccc1)c1nccc(C2CC2)c1N. The molecule has 1 heterocycles. The number of rotatable bonds is 5. The Labute approximate surface area is 145 Å². The summed E-state index contributed by atoms with van der Waals surface area (Å²) in [5.74, 6) is 0.296. The van der Waals surface area contributed by atoms with Crippen molar-refractivity contribution in [1.82, 2.24) is 10.3 Å². The highest BCUT2D eigenvalue weighted by atomic mass is 16.4. The predicted octanol–water partition coefficient (Wildman–Crippen LogP) is 2.86. The van der Waals surface area contributed by atoms with Gasteiger partial charge < -0.3 is 16.2 Å². The van der Waals surface area contributed by atoms with Crippen LogP contribution in [-0.2, 0) is 4.79 Å². The van der Waals surface area contributed by atoms with Crippen molar-refractivity contribution in [3.63, 3.8) is 0 Å². The largest absolute Gasteiger partial charge is 0.465 e. The first-order valence-electron chi connectivity index (χ1n) is 8.12. The number of pyridine rings is 1. The number of benzene rings is 1. The van der Waals surface area contributed by atoms with Gasteiger partial charge in [-0.25, -0.2) is 9.78 Å². The molecule has 0 spiro atoms. The Balaban J connectivity index is 2.04.